The Morgan fingerprint density at radius 3 is 2.52 bits per heavy atom. The van der Waals surface area contributed by atoms with E-state index in [9.17, 15) is 13.2 Å². The summed E-state index contributed by atoms with van der Waals surface area (Å²) in [5, 5.41) is 9.37. The van der Waals surface area contributed by atoms with Crippen LogP contribution in [0.1, 0.15) is 50.8 Å². The highest BCUT2D eigenvalue weighted by Gasteiger charge is 2.42. The molecule has 1 aromatic rings. The summed E-state index contributed by atoms with van der Waals surface area (Å²) in [5.74, 6) is 2.24. The second kappa shape index (κ2) is 6.57. The van der Waals surface area contributed by atoms with Gasteiger partial charge in [0.2, 0.25) is 5.91 Å². The number of amides is 1. The number of carbonyl (C=O) groups excluding carboxylic acids is 1. The molecule has 0 unspecified atom stereocenters. The maximum absolute atomic E-state index is 12.8. The fraction of sp³-hybridized carbons (Fsp3) is 0.812. The molecule has 0 radical (unpaired) electrons. The van der Waals surface area contributed by atoms with Crippen molar-refractivity contribution in [2.24, 2.45) is 0 Å². The zero-order chi connectivity index (χ0) is 17.6. The topological polar surface area (TPSA) is 85.2 Å². The highest BCUT2D eigenvalue weighted by Crippen LogP contribution is 2.40. The van der Waals surface area contributed by atoms with E-state index in [0.717, 1.165) is 30.4 Å². The summed E-state index contributed by atoms with van der Waals surface area (Å²) in [6, 6.07) is 0.0918. The third kappa shape index (κ3) is 3.72. The first kappa shape index (κ1) is 17.3. The Hall–Kier alpha value is -1.09. The van der Waals surface area contributed by atoms with E-state index in [1.807, 2.05) is 4.90 Å². The predicted molar refractivity (Wildman–Crippen MR) is 95.3 cm³/mol. The van der Waals surface area contributed by atoms with Crippen molar-refractivity contribution in [1.29, 1.82) is 0 Å². The van der Waals surface area contributed by atoms with Crippen LogP contribution in [-0.2, 0) is 21.2 Å². The predicted octanol–water partition coefficient (Wildman–Crippen LogP) is 1.45. The van der Waals surface area contributed by atoms with Gasteiger partial charge in [-0.05, 0) is 39.0 Å². The standard InChI is InChI=1S/C16H24N4O3S2/c1-2-19-15(11-3-4-11)17-18-16(19)24-9-14(21)20(12-5-6-12)13-7-8-25(22,23)10-13/h11-13H,2-10H2,1H3/t13-/m0/s1. The van der Waals surface area contributed by atoms with Crippen LogP contribution in [-0.4, -0.2) is 63.3 Å². The fourth-order valence-electron chi connectivity index (χ4n) is 3.60. The molecule has 4 rings (SSSR count). The summed E-state index contributed by atoms with van der Waals surface area (Å²) in [7, 11) is -2.98. The molecule has 3 aliphatic rings. The van der Waals surface area contributed by atoms with Crippen LogP contribution in [0.3, 0.4) is 0 Å². The lowest BCUT2D eigenvalue weighted by atomic mass is 10.2. The van der Waals surface area contributed by atoms with Gasteiger partial charge in [0.05, 0.1) is 17.3 Å². The first-order valence-electron chi connectivity index (χ1n) is 9.06. The summed E-state index contributed by atoms with van der Waals surface area (Å²) in [6.45, 7) is 2.88. The molecule has 2 heterocycles. The molecule has 2 saturated carbocycles. The molecule has 1 aromatic heterocycles. The van der Waals surface area contributed by atoms with Crippen LogP contribution < -0.4 is 0 Å². The van der Waals surface area contributed by atoms with Crippen LogP contribution in [0.2, 0.25) is 0 Å². The maximum atomic E-state index is 12.8. The third-order valence-electron chi connectivity index (χ3n) is 5.16. The molecule has 0 spiro atoms. The van der Waals surface area contributed by atoms with E-state index in [1.165, 1.54) is 24.6 Å². The Kier molecular flexibility index (Phi) is 4.56. The van der Waals surface area contributed by atoms with Crippen LogP contribution >= 0.6 is 11.8 Å². The van der Waals surface area contributed by atoms with Crippen LogP contribution in [0.15, 0.2) is 5.16 Å². The molecular weight excluding hydrogens is 360 g/mol. The van der Waals surface area contributed by atoms with Gasteiger partial charge in [-0.1, -0.05) is 11.8 Å². The van der Waals surface area contributed by atoms with Crippen molar-refractivity contribution < 1.29 is 13.2 Å². The number of aromatic nitrogens is 3. The van der Waals surface area contributed by atoms with Gasteiger partial charge in [0.1, 0.15) is 5.82 Å². The van der Waals surface area contributed by atoms with Crippen molar-refractivity contribution in [1.82, 2.24) is 19.7 Å². The second-order valence-corrected chi connectivity index (χ2v) is 10.4. The highest BCUT2D eigenvalue weighted by atomic mass is 32.2. The lowest BCUT2D eigenvalue weighted by Crippen LogP contribution is -2.43. The summed E-state index contributed by atoms with van der Waals surface area (Å²) in [4.78, 5) is 14.7. The van der Waals surface area contributed by atoms with Gasteiger partial charge in [0.25, 0.3) is 0 Å². The number of rotatable bonds is 7. The summed E-state index contributed by atoms with van der Waals surface area (Å²) >= 11 is 1.43. The lowest BCUT2D eigenvalue weighted by Gasteiger charge is -2.28. The maximum Gasteiger partial charge on any atom is 0.233 e. The van der Waals surface area contributed by atoms with Crippen molar-refractivity contribution in [3.8, 4) is 0 Å². The largest absolute Gasteiger partial charge is 0.335 e. The molecule has 1 atom stereocenters. The minimum absolute atomic E-state index is 0.0354. The molecule has 138 valence electrons. The molecule has 1 aliphatic heterocycles. The first-order chi connectivity index (χ1) is 12.0. The van der Waals surface area contributed by atoms with Gasteiger partial charge >= 0.3 is 0 Å². The molecule has 0 aromatic carbocycles. The summed E-state index contributed by atoms with van der Waals surface area (Å²) < 4.78 is 25.7. The van der Waals surface area contributed by atoms with E-state index >= 15 is 0 Å². The van der Waals surface area contributed by atoms with Crippen molar-refractivity contribution in [3.63, 3.8) is 0 Å². The van der Waals surface area contributed by atoms with Crippen molar-refractivity contribution >= 4 is 27.5 Å². The van der Waals surface area contributed by atoms with Crippen LogP contribution in [0.5, 0.6) is 0 Å². The first-order valence-corrected chi connectivity index (χ1v) is 11.9. The van der Waals surface area contributed by atoms with E-state index in [2.05, 4.69) is 21.7 Å². The average molecular weight is 385 g/mol. The normalized spacial score (nSPS) is 25.2. The highest BCUT2D eigenvalue weighted by molar-refractivity contribution is 7.99. The van der Waals surface area contributed by atoms with Crippen LogP contribution in [0.25, 0.3) is 0 Å². The quantitative estimate of drug-likeness (QED) is 0.662. The molecule has 3 fully saturated rings. The molecule has 25 heavy (non-hydrogen) atoms. The Labute approximate surface area is 152 Å². The minimum Gasteiger partial charge on any atom is -0.335 e. The Morgan fingerprint density at radius 1 is 1.20 bits per heavy atom. The zero-order valence-electron chi connectivity index (χ0n) is 14.4. The van der Waals surface area contributed by atoms with Gasteiger partial charge in [-0.2, -0.15) is 0 Å². The van der Waals surface area contributed by atoms with E-state index < -0.39 is 9.84 Å². The monoisotopic (exact) mass is 384 g/mol. The van der Waals surface area contributed by atoms with Crippen LogP contribution in [0, 0.1) is 0 Å². The van der Waals surface area contributed by atoms with E-state index in [0.29, 0.717) is 18.1 Å². The van der Waals surface area contributed by atoms with Gasteiger partial charge in [0.15, 0.2) is 15.0 Å². The molecular formula is C16H24N4O3S2. The third-order valence-corrected chi connectivity index (χ3v) is 7.86. The van der Waals surface area contributed by atoms with Gasteiger partial charge in [-0.15, -0.1) is 10.2 Å². The van der Waals surface area contributed by atoms with Crippen molar-refractivity contribution in [3.05, 3.63) is 5.82 Å². The SMILES string of the molecule is CCn1c(SCC(=O)N(C2CC2)[C@H]2CCS(=O)(=O)C2)nnc1C1CC1. The van der Waals surface area contributed by atoms with E-state index in [1.54, 1.807) is 0 Å². The van der Waals surface area contributed by atoms with Gasteiger partial charge in [-0.25, -0.2) is 8.42 Å². The number of thioether (sulfide) groups is 1. The number of hydrogen-bond donors (Lipinski definition) is 0. The van der Waals surface area contributed by atoms with Gasteiger partial charge in [-0.3, -0.25) is 4.79 Å². The number of carbonyl (C=O) groups is 1. The lowest BCUT2D eigenvalue weighted by molar-refractivity contribution is -0.130. The minimum atomic E-state index is -2.98. The molecule has 7 nitrogen and oxygen atoms in total. The fourth-order valence-corrected chi connectivity index (χ4v) is 6.19. The van der Waals surface area contributed by atoms with Crippen molar-refractivity contribution in [2.45, 2.75) is 68.7 Å². The number of sulfone groups is 1. The Morgan fingerprint density at radius 2 is 1.96 bits per heavy atom. The Balaban J connectivity index is 1.42. The van der Waals surface area contributed by atoms with Gasteiger partial charge in [0, 0.05) is 24.5 Å². The smallest absolute Gasteiger partial charge is 0.233 e. The molecule has 2 aliphatic carbocycles. The molecule has 1 saturated heterocycles. The second-order valence-electron chi connectivity index (χ2n) is 7.24. The van der Waals surface area contributed by atoms with E-state index in [4.69, 9.17) is 0 Å². The van der Waals surface area contributed by atoms with Crippen molar-refractivity contribution in [2.75, 3.05) is 17.3 Å². The number of hydrogen-bond acceptors (Lipinski definition) is 6. The van der Waals surface area contributed by atoms with Gasteiger partial charge < -0.3 is 9.47 Å². The molecule has 9 heteroatoms. The van der Waals surface area contributed by atoms with E-state index in [-0.39, 0.29) is 29.5 Å². The number of nitrogens with zero attached hydrogens (tertiary/aromatic N) is 4. The Bertz CT molecular complexity index is 768. The van der Waals surface area contributed by atoms with Crippen LogP contribution in [0.4, 0.5) is 0 Å². The zero-order valence-corrected chi connectivity index (χ0v) is 16.1. The molecule has 0 bridgehead atoms. The molecule has 1 amide bonds. The summed E-state index contributed by atoms with van der Waals surface area (Å²) in [6.07, 6.45) is 4.90. The molecule has 0 N–H and O–H groups in total. The average Bonchev–Trinajstić information content (AvgIpc) is 3.49. The summed E-state index contributed by atoms with van der Waals surface area (Å²) in [5.41, 5.74) is 0.